The van der Waals surface area contributed by atoms with Crippen molar-refractivity contribution in [2.24, 2.45) is 0 Å². The van der Waals surface area contributed by atoms with Gasteiger partial charge in [-0.2, -0.15) is 0 Å². The van der Waals surface area contributed by atoms with Crippen LogP contribution in [-0.4, -0.2) is 56.7 Å². The summed E-state index contributed by atoms with van der Waals surface area (Å²) in [5.74, 6) is 0.298. The molecule has 1 N–H and O–H groups in total. The number of hydrogen-bond acceptors (Lipinski definition) is 4. The Hall–Kier alpha value is -2.22. The molecule has 0 bridgehead atoms. The standard InChI is InChI=1S/C27H35N3O3S/c1-2-17-34(32,33)28-25-13-16-30(27(25)31)22-11-9-21-10-12-26(29-14-6-15-29)24(23(21)19-22)18-20-7-4-3-5-8-20/h3-5,7-9,11,19,24-26,28H,2,6,10,12-18H2,1H3/t24-,25+,26+/m1/s1. The fourth-order valence-corrected chi connectivity index (χ4v) is 7.16. The summed E-state index contributed by atoms with van der Waals surface area (Å²) < 4.78 is 27.1. The molecule has 3 atom stereocenters. The topological polar surface area (TPSA) is 69.7 Å². The van der Waals surface area contributed by atoms with Crippen LogP contribution in [0, 0.1) is 0 Å². The molecule has 3 aliphatic rings. The van der Waals surface area contributed by atoms with Crippen molar-refractivity contribution in [3.63, 3.8) is 0 Å². The summed E-state index contributed by atoms with van der Waals surface area (Å²) in [4.78, 5) is 17.5. The van der Waals surface area contributed by atoms with Crippen LogP contribution in [-0.2, 0) is 27.7 Å². The first kappa shape index (κ1) is 23.5. The van der Waals surface area contributed by atoms with Crippen LogP contribution >= 0.6 is 0 Å². The lowest BCUT2D eigenvalue weighted by Crippen LogP contribution is -2.50. The molecular weight excluding hydrogens is 446 g/mol. The molecule has 182 valence electrons. The van der Waals surface area contributed by atoms with Gasteiger partial charge in [0.15, 0.2) is 0 Å². The molecule has 0 saturated carbocycles. The van der Waals surface area contributed by atoms with Crippen LogP contribution in [0.5, 0.6) is 0 Å². The molecule has 6 nitrogen and oxygen atoms in total. The van der Waals surface area contributed by atoms with Gasteiger partial charge in [0, 0.05) is 24.2 Å². The van der Waals surface area contributed by atoms with Gasteiger partial charge in [-0.25, -0.2) is 13.1 Å². The minimum absolute atomic E-state index is 0.0503. The quantitative estimate of drug-likeness (QED) is 0.627. The van der Waals surface area contributed by atoms with Gasteiger partial charge in [-0.3, -0.25) is 9.69 Å². The minimum atomic E-state index is -3.43. The van der Waals surface area contributed by atoms with Gasteiger partial charge in [-0.1, -0.05) is 43.3 Å². The second-order valence-electron chi connectivity index (χ2n) is 9.94. The lowest BCUT2D eigenvalue weighted by molar-refractivity contribution is -0.118. The lowest BCUT2D eigenvalue weighted by atomic mass is 9.74. The molecule has 2 heterocycles. The molecule has 1 amide bonds. The van der Waals surface area contributed by atoms with Crippen molar-refractivity contribution in [1.29, 1.82) is 0 Å². The fourth-order valence-electron chi connectivity index (χ4n) is 5.85. The van der Waals surface area contributed by atoms with Crippen molar-refractivity contribution < 1.29 is 13.2 Å². The zero-order valence-corrected chi connectivity index (χ0v) is 20.8. The number of rotatable bonds is 8. The maximum atomic E-state index is 13.1. The molecule has 0 spiro atoms. The van der Waals surface area contributed by atoms with E-state index in [1.54, 1.807) is 4.90 Å². The summed E-state index contributed by atoms with van der Waals surface area (Å²) in [7, 11) is -3.43. The summed E-state index contributed by atoms with van der Waals surface area (Å²) in [5, 5.41) is 0. The van der Waals surface area contributed by atoms with Crippen LogP contribution in [0.2, 0.25) is 0 Å². The van der Waals surface area contributed by atoms with Crippen molar-refractivity contribution in [1.82, 2.24) is 9.62 Å². The van der Waals surface area contributed by atoms with Crippen molar-refractivity contribution >= 4 is 21.6 Å². The number of fused-ring (bicyclic) bond motifs is 1. The SMILES string of the molecule is CCCS(=O)(=O)N[C@H]1CCN(c2ccc3c(c2)[C@@H](Cc2ccccc2)[C@@H](N2CCC2)CC3)C1=O. The number of nitrogens with zero attached hydrogens (tertiary/aromatic N) is 2. The van der Waals surface area contributed by atoms with Gasteiger partial charge < -0.3 is 4.90 Å². The maximum absolute atomic E-state index is 13.1. The number of anilines is 1. The molecular formula is C27H35N3O3S. The predicted octanol–water partition coefficient (Wildman–Crippen LogP) is 3.47. The molecule has 2 fully saturated rings. The molecule has 0 unspecified atom stereocenters. The number of hydrogen-bond donors (Lipinski definition) is 1. The highest BCUT2D eigenvalue weighted by Crippen LogP contribution is 2.40. The van der Waals surface area contributed by atoms with Crippen LogP contribution in [0.3, 0.4) is 0 Å². The normalized spacial score (nSPS) is 25.3. The van der Waals surface area contributed by atoms with Crippen LogP contribution < -0.4 is 9.62 Å². The fraction of sp³-hybridized carbons (Fsp3) is 0.519. The number of carbonyl (C=O) groups is 1. The molecule has 2 aromatic rings. The molecule has 5 rings (SSSR count). The number of likely N-dealkylation sites (tertiary alicyclic amines) is 1. The second kappa shape index (κ2) is 9.80. The summed E-state index contributed by atoms with van der Waals surface area (Å²) in [6.07, 6.45) is 5.54. The highest BCUT2D eigenvalue weighted by molar-refractivity contribution is 7.89. The zero-order chi connectivity index (χ0) is 23.7. The van der Waals surface area contributed by atoms with Crippen LogP contribution in [0.1, 0.15) is 55.2 Å². The van der Waals surface area contributed by atoms with Crippen molar-refractivity contribution in [3.8, 4) is 0 Å². The van der Waals surface area contributed by atoms with Gasteiger partial charge in [0.2, 0.25) is 15.9 Å². The molecule has 2 aromatic carbocycles. The predicted molar refractivity (Wildman–Crippen MR) is 136 cm³/mol. The van der Waals surface area contributed by atoms with Gasteiger partial charge in [0.1, 0.15) is 6.04 Å². The summed E-state index contributed by atoms with van der Waals surface area (Å²) in [5.41, 5.74) is 4.97. The maximum Gasteiger partial charge on any atom is 0.245 e. The molecule has 0 aromatic heterocycles. The zero-order valence-electron chi connectivity index (χ0n) is 19.9. The smallest absolute Gasteiger partial charge is 0.245 e. The first-order chi connectivity index (χ1) is 16.4. The van der Waals surface area contributed by atoms with E-state index in [0.717, 1.165) is 18.5 Å². The van der Waals surface area contributed by atoms with E-state index in [0.29, 0.717) is 31.3 Å². The van der Waals surface area contributed by atoms with E-state index in [1.807, 2.05) is 13.0 Å². The number of sulfonamides is 1. The van der Waals surface area contributed by atoms with Crippen LogP contribution in [0.4, 0.5) is 5.69 Å². The number of amides is 1. The first-order valence-corrected chi connectivity index (χ1v) is 14.3. The summed E-state index contributed by atoms with van der Waals surface area (Å²) in [6, 6.07) is 17.0. The highest BCUT2D eigenvalue weighted by Gasteiger charge is 2.38. The number of aryl methyl sites for hydroxylation is 1. The monoisotopic (exact) mass is 481 g/mol. The minimum Gasteiger partial charge on any atom is -0.311 e. The van der Waals surface area contributed by atoms with Gasteiger partial charge >= 0.3 is 0 Å². The molecule has 7 heteroatoms. The highest BCUT2D eigenvalue weighted by atomic mass is 32.2. The number of benzene rings is 2. The second-order valence-corrected chi connectivity index (χ2v) is 11.8. The Morgan fingerprint density at radius 1 is 1.03 bits per heavy atom. The van der Waals surface area contributed by atoms with Gasteiger partial charge in [-0.15, -0.1) is 0 Å². The van der Waals surface area contributed by atoms with Gasteiger partial charge in [0.25, 0.3) is 0 Å². The average Bonchev–Trinajstić information content (AvgIpc) is 3.13. The Kier molecular flexibility index (Phi) is 6.78. The third-order valence-corrected chi connectivity index (χ3v) is 9.26. The molecule has 2 aliphatic heterocycles. The van der Waals surface area contributed by atoms with Crippen molar-refractivity contribution in [2.75, 3.05) is 30.3 Å². The van der Waals surface area contributed by atoms with Crippen molar-refractivity contribution in [3.05, 3.63) is 65.2 Å². The number of nitrogens with one attached hydrogen (secondary N) is 1. The summed E-state index contributed by atoms with van der Waals surface area (Å²) in [6.45, 7) is 4.72. The first-order valence-electron chi connectivity index (χ1n) is 12.7. The molecule has 0 radical (unpaired) electrons. The van der Waals surface area contributed by atoms with Crippen LogP contribution in [0.15, 0.2) is 48.5 Å². The largest absolute Gasteiger partial charge is 0.311 e. The summed E-state index contributed by atoms with van der Waals surface area (Å²) >= 11 is 0. The Bertz CT molecular complexity index is 1130. The molecule has 34 heavy (non-hydrogen) atoms. The van der Waals surface area contributed by atoms with Gasteiger partial charge in [-0.05, 0) is 80.4 Å². The lowest BCUT2D eigenvalue weighted by Gasteiger charge is -2.45. The number of carbonyl (C=O) groups excluding carboxylic acids is 1. The van der Waals surface area contributed by atoms with Crippen LogP contribution in [0.25, 0.3) is 0 Å². The molecule has 2 saturated heterocycles. The average molecular weight is 482 g/mol. The van der Waals surface area contributed by atoms with Crippen molar-refractivity contribution in [2.45, 2.75) is 63.5 Å². The van der Waals surface area contributed by atoms with E-state index in [4.69, 9.17) is 0 Å². The third kappa shape index (κ3) is 4.79. The van der Waals surface area contributed by atoms with E-state index < -0.39 is 16.1 Å². The Morgan fingerprint density at radius 3 is 2.53 bits per heavy atom. The van der Waals surface area contributed by atoms with E-state index in [1.165, 1.54) is 42.6 Å². The van der Waals surface area contributed by atoms with E-state index >= 15 is 0 Å². The van der Waals surface area contributed by atoms with E-state index in [-0.39, 0.29) is 11.7 Å². The Morgan fingerprint density at radius 2 is 1.82 bits per heavy atom. The Labute approximate surface area is 203 Å². The molecule has 1 aliphatic carbocycles. The van der Waals surface area contributed by atoms with E-state index in [9.17, 15) is 13.2 Å². The Balaban J connectivity index is 1.41. The van der Waals surface area contributed by atoms with E-state index in [2.05, 4.69) is 52.1 Å². The third-order valence-electron chi connectivity index (χ3n) is 7.67. The van der Waals surface area contributed by atoms with Gasteiger partial charge in [0.05, 0.1) is 5.75 Å².